The summed E-state index contributed by atoms with van der Waals surface area (Å²) in [5.41, 5.74) is -0.939. The minimum atomic E-state index is -2.95. The SMILES string of the molecule is CC(C)NC(C)(CCCN(C)CCS(C)(=O)=O)C(=O)O. The van der Waals surface area contributed by atoms with Crippen molar-refractivity contribution in [1.29, 1.82) is 0 Å². The Labute approximate surface area is 122 Å². The Hall–Kier alpha value is -0.660. The minimum absolute atomic E-state index is 0.0964. The van der Waals surface area contributed by atoms with E-state index >= 15 is 0 Å². The van der Waals surface area contributed by atoms with E-state index in [1.54, 1.807) is 6.92 Å². The van der Waals surface area contributed by atoms with Gasteiger partial charge in [0.25, 0.3) is 0 Å². The van der Waals surface area contributed by atoms with Crippen LogP contribution in [0.15, 0.2) is 0 Å². The summed E-state index contributed by atoms with van der Waals surface area (Å²) in [4.78, 5) is 13.2. The molecule has 0 aromatic rings. The number of hydrogen-bond acceptors (Lipinski definition) is 5. The maximum atomic E-state index is 11.3. The van der Waals surface area contributed by atoms with Gasteiger partial charge in [0.1, 0.15) is 15.4 Å². The van der Waals surface area contributed by atoms with Crippen molar-refractivity contribution in [2.75, 3.05) is 32.1 Å². The highest BCUT2D eigenvalue weighted by Gasteiger charge is 2.32. The number of carboxylic acid groups (broad SMARTS) is 1. The van der Waals surface area contributed by atoms with Crippen LogP contribution in [-0.2, 0) is 14.6 Å². The molecule has 0 saturated carbocycles. The van der Waals surface area contributed by atoms with Crippen molar-refractivity contribution in [2.45, 2.75) is 45.2 Å². The molecule has 0 amide bonds. The lowest BCUT2D eigenvalue weighted by atomic mass is 9.95. The van der Waals surface area contributed by atoms with Gasteiger partial charge in [0, 0.05) is 18.8 Å². The molecule has 2 N–H and O–H groups in total. The number of aliphatic carboxylic acids is 1. The van der Waals surface area contributed by atoms with Gasteiger partial charge < -0.3 is 10.0 Å². The van der Waals surface area contributed by atoms with E-state index in [-0.39, 0.29) is 11.8 Å². The van der Waals surface area contributed by atoms with Crippen LogP contribution in [0.5, 0.6) is 0 Å². The maximum Gasteiger partial charge on any atom is 0.323 e. The Morgan fingerprint density at radius 1 is 1.35 bits per heavy atom. The number of rotatable bonds is 10. The van der Waals surface area contributed by atoms with Crippen LogP contribution < -0.4 is 5.32 Å². The van der Waals surface area contributed by atoms with Crippen molar-refractivity contribution in [3.05, 3.63) is 0 Å². The lowest BCUT2D eigenvalue weighted by Crippen LogP contribution is -2.52. The largest absolute Gasteiger partial charge is 0.480 e. The Kier molecular flexibility index (Phi) is 7.69. The third kappa shape index (κ3) is 8.50. The number of carboxylic acids is 1. The Bertz CT molecular complexity index is 409. The number of sulfone groups is 1. The van der Waals surface area contributed by atoms with Gasteiger partial charge in [-0.25, -0.2) is 8.42 Å². The minimum Gasteiger partial charge on any atom is -0.480 e. The molecule has 0 spiro atoms. The van der Waals surface area contributed by atoms with E-state index in [2.05, 4.69) is 5.32 Å². The number of hydrogen-bond donors (Lipinski definition) is 2. The van der Waals surface area contributed by atoms with Gasteiger partial charge in [0.05, 0.1) is 5.75 Å². The maximum absolute atomic E-state index is 11.3. The van der Waals surface area contributed by atoms with Crippen molar-refractivity contribution in [3.8, 4) is 0 Å². The molecule has 6 nitrogen and oxygen atoms in total. The zero-order valence-corrected chi connectivity index (χ0v) is 14.0. The monoisotopic (exact) mass is 308 g/mol. The first-order valence-electron chi connectivity index (χ1n) is 6.83. The third-order valence-electron chi connectivity index (χ3n) is 3.14. The molecule has 0 aromatic heterocycles. The summed E-state index contributed by atoms with van der Waals surface area (Å²) >= 11 is 0. The van der Waals surface area contributed by atoms with E-state index < -0.39 is 21.3 Å². The fourth-order valence-electron chi connectivity index (χ4n) is 2.01. The van der Waals surface area contributed by atoms with Crippen LogP contribution in [0.3, 0.4) is 0 Å². The van der Waals surface area contributed by atoms with Crippen molar-refractivity contribution in [2.24, 2.45) is 0 Å². The summed E-state index contributed by atoms with van der Waals surface area (Å²) in [6.07, 6.45) is 2.42. The molecular weight excluding hydrogens is 280 g/mol. The standard InChI is InChI=1S/C13H28N2O4S/c1-11(2)14-13(3,12(16)17)7-6-8-15(4)9-10-20(5,18)19/h11,14H,6-10H2,1-5H3,(H,16,17). The highest BCUT2D eigenvalue weighted by molar-refractivity contribution is 7.90. The van der Waals surface area contributed by atoms with Gasteiger partial charge in [0.15, 0.2) is 0 Å². The van der Waals surface area contributed by atoms with E-state index in [1.165, 1.54) is 6.26 Å². The van der Waals surface area contributed by atoms with Gasteiger partial charge in [0.2, 0.25) is 0 Å². The second-order valence-corrected chi connectivity index (χ2v) is 8.23. The van der Waals surface area contributed by atoms with E-state index in [1.807, 2.05) is 25.8 Å². The molecule has 7 heteroatoms. The van der Waals surface area contributed by atoms with Gasteiger partial charge in [-0.2, -0.15) is 0 Å². The molecule has 0 saturated heterocycles. The molecule has 0 rings (SSSR count). The normalized spacial score (nSPS) is 15.6. The van der Waals surface area contributed by atoms with Crippen molar-refractivity contribution >= 4 is 15.8 Å². The van der Waals surface area contributed by atoms with E-state index in [0.717, 1.165) is 0 Å². The summed E-state index contributed by atoms with van der Waals surface area (Å²) in [5.74, 6) is -0.728. The second kappa shape index (κ2) is 7.95. The molecule has 120 valence electrons. The summed E-state index contributed by atoms with van der Waals surface area (Å²) < 4.78 is 22.1. The van der Waals surface area contributed by atoms with Crippen LogP contribution in [0.4, 0.5) is 0 Å². The molecule has 0 aromatic carbocycles. The lowest BCUT2D eigenvalue weighted by Gasteiger charge is -2.29. The van der Waals surface area contributed by atoms with Crippen molar-refractivity contribution in [1.82, 2.24) is 10.2 Å². The number of carbonyl (C=O) groups is 1. The fraction of sp³-hybridized carbons (Fsp3) is 0.923. The first-order chi connectivity index (χ1) is 8.96. The van der Waals surface area contributed by atoms with E-state index in [4.69, 9.17) is 0 Å². The average Bonchev–Trinajstić information content (AvgIpc) is 2.24. The van der Waals surface area contributed by atoms with Crippen LogP contribution in [0.1, 0.15) is 33.6 Å². The molecule has 1 atom stereocenters. The summed E-state index contributed by atoms with van der Waals surface area (Å²) in [7, 11) is -1.10. The molecule has 0 heterocycles. The molecular formula is C13H28N2O4S. The van der Waals surface area contributed by atoms with Gasteiger partial charge in [-0.3, -0.25) is 10.1 Å². The van der Waals surface area contributed by atoms with Gasteiger partial charge in [-0.1, -0.05) is 0 Å². The lowest BCUT2D eigenvalue weighted by molar-refractivity contribution is -0.144. The number of nitrogens with zero attached hydrogens (tertiary/aromatic N) is 1. The highest BCUT2D eigenvalue weighted by Crippen LogP contribution is 2.14. The van der Waals surface area contributed by atoms with E-state index in [9.17, 15) is 18.3 Å². The number of nitrogens with one attached hydrogen (secondary N) is 1. The van der Waals surface area contributed by atoms with Crippen molar-refractivity contribution in [3.63, 3.8) is 0 Å². The first kappa shape index (κ1) is 19.3. The van der Waals surface area contributed by atoms with Crippen LogP contribution in [0.2, 0.25) is 0 Å². The topological polar surface area (TPSA) is 86.7 Å². The molecule has 0 aliphatic carbocycles. The van der Waals surface area contributed by atoms with E-state index in [0.29, 0.717) is 25.9 Å². The first-order valence-corrected chi connectivity index (χ1v) is 8.90. The van der Waals surface area contributed by atoms with Crippen LogP contribution in [-0.4, -0.2) is 68.1 Å². The summed E-state index contributed by atoms with van der Waals surface area (Å²) in [6.45, 7) is 6.67. The van der Waals surface area contributed by atoms with Crippen molar-refractivity contribution < 1.29 is 18.3 Å². The molecule has 0 fully saturated rings. The van der Waals surface area contributed by atoms with Crippen LogP contribution in [0, 0.1) is 0 Å². The zero-order valence-electron chi connectivity index (χ0n) is 13.1. The quantitative estimate of drug-likeness (QED) is 0.614. The fourth-order valence-corrected chi connectivity index (χ4v) is 2.66. The summed E-state index contributed by atoms with van der Waals surface area (Å²) in [5, 5.41) is 12.4. The molecule has 1 unspecified atom stereocenters. The van der Waals surface area contributed by atoms with Crippen LogP contribution >= 0.6 is 0 Å². The third-order valence-corrected chi connectivity index (χ3v) is 4.06. The predicted molar refractivity (Wildman–Crippen MR) is 80.8 cm³/mol. The smallest absolute Gasteiger partial charge is 0.323 e. The van der Waals surface area contributed by atoms with Gasteiger partial charge in [-0.15, -0.1) is 0 Å². The average molecular weight is 308 g/mol. The Morgan fingerprint density at radius 2 is 1.90 bits per heavy atom. The van der Waals surface area contributed by atoms with Gasteiger partial charge in [-0.05, 0) is 47.2 Å². The Morgan fingerprint density at radius 3 is 2.30 bits per heavy atom. The zero-order chi connectivity index (χ0) is 16.0. The second-order valence-electron chi connectivity index (χ2n) is 5.97. The Balaban J connectivity index is 4.21. The predicted octanol–water partition coefficient (Wildman–Crippen LogP) is 0.584. The molecule has 20 heavy (non-hydrogen) atoms. The summed E-state index contributed by atoms with van der Waals surface area (Å²) in [6, 6.07) is 0.0964. The van der Waals surface area contributed by atoms with Gasteiger partial charge >= 0.3 is 5.97 Å². The van der Waals surface area contributed by atoms with Crippen LogP contribution in [0.25, 0.3) is 0 Å². The molecule has 0 bridgehead atoms. The molecule has 0 radical (unpaired) electrons. The molecule has 0 aliphatic rings. The molecule has 0 aliphatic heterocycles. The highest BCUT2D eigenvalue weighted by atomic mass is 32.2.